The quantitative estimate of drug-likeness (QED) is 0.473. The normalized spacial score (nSPS) is 10.7. The molecular weight excluding hydrogens is 378 g/mol. The molecule has 1 amide bonds. The van der Waals surface area contributed by atoms with E-state index in [1.54, 1.807) is 14.0 Å². The zero-order chi connectivity index (χ0) is 20.1. The number of carbonyl (C=O) groups is 1. The first-order valence-corrected chi connectivity index (χ1v) is 9.38. The van der Waals surface area contributed by atoms with E-state index in [4.69, 9.17) is 16.3 Å². The van der Waals surface area contributed by atoms with E-state index in [1.165, 1.54) is 0 Å². The monoisotopic (exact) mass is 399 g/mol. The predicted octanol–water partition coefficient (Wildman–Crippen LogP) is 4.37. The molecule has 0 unspecified atom stereocenters. The highest BCUT2D eigenvalue weighted by atomic mass is 35.5. The van der Waals surface area contributed by atoms with E-state index in [2.05, 4.69) is 5.10 Å². The van der Waals surface area contributed by atoms with Crippen LogP contribution in [0.15, 0.2) is 54.6 Å². The first kappa shape index (κ1) is 19.9. The molecule has 3 rings (SSSR count). The molecule has 0 saturated heterocycles. The van der Waals surface area contributed by atoms with Gasteiger partial charge in [0.05, 0.1) is 24.2 Å². The van der Waals surface area contributed by atoms with E-state index in [9.17, 15) is 10.0 Å². The highest BCUT2D eigenvalue weighted by molar-refractivity contribution is 6.30. The molecule has 3 aromatic rings. The summed E-state index contributed by atoms with van der Waals surface area (Å²) >= 11 is 6.02. The molecule has 0 fully saturated rings. The first-order valence-electron chi connectivity index (χ1n) is 9.00. The summed E-state index contributed by atoms with van der Waals surface area (Å²) in [7, 11) is 1.62. The summed E-state index contributed by atoms with van der Waals surface area (Å²) in [5.41, 5.74) is 3.49. The number of hydrogen-bond donors (Lipinski definition) is 1. The van der Waals surface area contributed by atoms with Gasteiger partial charge in [-0.3, -0.25) is 10.0 Å². The number of carbonyl (C=O) groups excluding carboxylic acids is 1. The molecule has 7 heteroatoms. The third-order valence-corrected chi connectivity index (χ3v) is 4.65. The summed E-state index contributed by atoms with van der Waals surface area (Å²) in [5, 5.41) is 15.6. The van der Waals surface area contributed by atoms with Crippen LogP contribution in [0.5, 0.6) is 5.75 Å². The highest BCUT2D eigenvalue weighted by Gasteiger charge is 2.15. The molecule has 0 atom stereocenters. The maximum absolute atomic E-state index is 11.9. The van der Waals surface area contributed by atoms with Gasteiger partial charge in [-0.05, 0) is 49.4 Å². The molecule has 6 nitrogen and oxygen atoms in total. The van der Waals surface area contributed by atoms with E-state index in [-0.39, 0.29) is 18.9 Å². The van der Waals surface area contributed by atoms with Gasteiger partial charge >= 0.3 is 0 Å². The Balaban J connectivity index is 1.94. The van der Waals surface area contributed by atoms with Crippen LogP contribution in [0.4, 0.5) is 0 Å². The number of benzene rings is 2. The second kappa shape index (κ2) is 8.91. The topological polar surface area (TPSA) is 67.6 Å². The van der Waals surface area contributed by atoms with Crippen molar-refractivity contribution in [3.05, 3.63) is 65.3 Å². The van der Waals surface area contributed by atoms with Crippen LogP contribution in [0.25, 0.3) is 16.9 Å². The number of ether oxygens (including phenoxy) is 1. The number of aryl methyl sites for hydroxylation is 1. The standard InChI is InChI=1S/C21H22ClN3O3/c1-3-24(27)21(26)13-8-17-14-20(15-4-6-16(22)7-5-15)25(23-17)18-9-11-19(28-2)12-10-18/h4-7,9-12,14,27H,3,8,13H2,1-2H3. The lowest BCUT2D eigenvalue weighted by Gasteiger charge is -2.11. The van der Waals surface area contributed by atoms with E-state index < -0.39 is 0 Å². The summed E-state index contributed by atoms with van der Waals surface area (Å²) in [4.78, 5) is 11.9. The lowest BCUT2D eigenvalue weighted by Crippen LogP contribution is -2.27. The van der Waals surface area contributed by atoms with Gasteiger partial charge in [0.2, 0.25) is 5.91 Å². The number of nitrogens with zero attached hydrogens (tertiary/aromatic N) is 3. The van der Waals surface area contributed by atoms with Crippen molar-refractivity contribution in [1.82, 2.24) is 14.8 Å². The van der Waals surface area contributed by atoms with Crippen LogP contribution in [-0.2, 0) is 11.2 Å². The molecule has 0 aliphatic heterocycles. The Kier molecular flexibility index (Phi) is 6.34. The minimum absolute atomic E-state index is 0.185. The van der Waals surface area contributed by atoms with Gasteiger partial charge < -0.3 is 4.74 Å². The maximum atomic E-state index is 11.9. The van der Waals surface area contributed by atoms with Crippen LogP contribution in [-0.4, -0.2) is 39.6 Å². The summed E-state index contributed by atoms with van der Waals surface area (Å²) in [6, 6.07) is 17.1. The summed E-state index contributed by atoms with van der Waals surface area (Å²) in [6.45, 7) is 1.98. The third kappa shape index (κ3) is 4.52. The molecule has 1 N–H and O–H groups in total. The van der Waals surface area contributed by atoms with Gasteiger partial charge in [-0.1, -0.05) is 23.7 Å². The second-order valence-corrected chi connectivity index (χ2v) is 6.68. The van der Waals surface area contributed by atoms with Crippen LogP contribution in [0.2, 0.25) is 5.02 Å². The van der Waals surface area contributed by atoms with Crippen LogP contribution < -0.4 is 4.74 Å². The van der Waals surface area contributed by atoms with Crippen molar-refractivity contribution in [2.75, 3.05) is 13.7 Å². The first-order chi connectivity index (χ1) is 13.5. The zero-order valence-corrected chi connectivity index (χ0v) is 16.6. The second-order valence-electron chi connectivity index (χ2n) is 6.25. The fourth-order valence-electron chi connectivity index (χ4n) is 2.84. The average Bonchev–Trinajstić information content (AvgIpc) is 3.16. The van der Waals surface area contributed by atoms with Crippen LogP contribution in [0.1, 0.15) is 19.0 Å². The number of rotatable bonds is 7. The molecular formula is C21H22ClN3O3. The lowest BCUT2D eigenvalue weighted by molar-refractivity contribution is -0.164. The fraction of sp³-hybridized carbons (Fsp3) is 0.238. The van der Waals surface area contributed by atoms with Crippen molar-refractivity contribution in [2.45, 2.75) is 19.8 Å². The van der Waals surface area contributed by atoms with Gasteiger partial charge in [0.25, 0.3) is 0 Å². The third-order valence-electron chi connectivity index (χ3n) is 4.40. The minimum Gasteiger partial charge on any atom is -0.497 e. The van der Waals surface area contributed by atoms with Crippen molar-refractivity contribution in [3.63, 3.8) is 0 Å². The molecule has 0 aliphatic carbocycles. The Morgan fingerprint density at radius 3 is 2.46 bits per heavy atom. The number of amides is 1. The van der Waals surface area contributed by atoms with Gasteiger partial charge in [-0.15, -0.1) is 0 Å². The van der Waals surface area contributed by atoms with Crippen LogP contribution >= 0.6 is 11.6 Å². The largest absolute Gasteiger partial charge is 0.497 e. The van der Waals surface area contributed by atoms with Crippen molar-refractivity contribution >= 4 is 17.5 Å². The molecule has 0 spiro atoms. The predicted molar refractivity (Wildman–Crippen MR) is 108 cm³/mol. The molecule has 28 heavy (non-hydrogen) atoms. The van der Waals surface area contributed by atoms with E-state index in [0.717, 1.165) is 33.5 Å². The number of halogens is 1. The maximum Gasteiger partial charge on any atom is 0.246 e. The Morgan fingerprint density at radius 1 is 1.18 bits per heavy atom. The van der Waals surface area contributed by atoms with Crippen molar-refractivity contribution in [2.24, 2.45) is 0 Å². The van der Waals surface area contributed by atoms with E-state index in [1.807, 2.05) is 59.3 Å². The zero-order valence-electron chi connectivity index (χ0n) is 15.8. The Bertz CT molecular complexity index is 937. The Morgan fingerprint density at radius 2 is 1.86 bits per heavy atom. The van der Waals surface area contributed by atoms with Crippen molar-refractivity contribution < 1.29 is 14.7 Å². The number of methoxy groups -OCH3 is 1. The summed E-state index contributed by atoms with van der Waals surface area (Å²) in [5.74, 6) is 0.437. The fourth-order valence-corrected chi connectivity index (χ4v) is 2.97. The van der Waals surface area contributed by atoms with Gasteiger partial charge in [0.15, 0.2) is 0 Å². The minimum atomic E-state index is -0.324. The molecule has 1 aromatic heterocycles. The SMILES string of the molecule is CCN(O)C(=O)CCc1cc(-c2ccc(Cl)cc2)n(-c2ccc(OC)cc2)n1. The molecule has 1 heterocycles. The molecule has 0 bridgehead atoms. The van der Waals surface area contributed by atoms with Crippen LogP contribution in [0.3, 0.4) is 0 Å². The van der Waals surface area contributed by atoms with Gasteiger partial charge in [-0.2, -0.15) is 5.10 Å². The number of aromatic nitrogens is 2. The van der Waals surface area contributed by atoms with Crippen LogP contribution in [0, 0.1) is 0 Å². The van der Waals surface area contributed by atoms with Gasteiger partial charge in [0, 0.05) is 30.0 Å². The van der Waals surface area contributed by atoms with E-state index in [0.29, 0.717) is 11.4 Å². The number of hydrogen-bond acceptors (Lipinski definition) is 4. The Labute approximate surface area is 168 Å². The average molecular weight is 400 g/mol. The van der Waals surface area contributed by atoms with Crippen molar-refractivity contribution in [1.29, 1.82) is 0 Å². The Hall–Kier alpha value is -2.83. The highest BCUT2D eigenvalue weighted by Crippen LogP contribution is 2.27. The molecule has 0 radical (unpaired) electrons. The molecule has 146 valence electrons. The van der Waals surface area contributed by atoms with Gasteiger partial charge in [-0.25, -0.2) is 9.75 Å². The summed E-state index contributed by atoms with van der Waals surface area (Å²) < 4.78 is 7.06. The van der Waals surface area contributed by atoms with E-state index >= 15 is 0 Å². The number of hydroxylamine groups is 2. The van der Waals surface area contributed by atoms with Gasteiger partial charge in [0.1, 0.15) is 5.75 Å². The molecule has 2 aromatic carbocycles. The summed E-state index contributed by atoms with van der Waals surface area (Å²) in [6.07, 6.45) is 0.615. The molecule has 0 aliphatic rings. The van der Waals surface area contributed by atoms with Crippen molar-refractivity contribution in [3.8, 4) is 22.7 Å². The smallest absolute Gasteiger partial charge is 0.246 e. The lowest BCUT2D eigenvalue weighted by atomic mass is 10.1. The molecule has 0 saturated carbocycles.